The third-order valence-electron chi connectivity index (χ3n) is 2.97. The van der Waals surface area contributed by atoms with Crippen molar-refractivity contribution in [2.24, 2.45) is 0 Å². The van der Waals surface area contributed by atoms with Gasteiger partial charge < -0.3 is 15.6 Å². The van der Waals surface area contributed by atoms with Crippen molar-refractivity contribution in [2.45, 2.75) is 0 Å². The number of nitrogens with zero attached hydrogens (tertiary/aromatic N) is 3. The van der Waals surface area contributed by atoms with Crippen LogP contribution in [0.2, 0.25) is 5.02 Å². The normalized spacial score (nSPS) is 10.9. The number of nitrogens with two attached hydrogens (primary N) is 1. The second-order valence-electron chi connectivity index (χ2n) is 4.17. The van der Waals surface area contributed by atoms with Crippen LogP contribution in [0.15, 0.2) is 30.6 Å². The van der Waals surface area contributed by atoms with Gasteiger partial charge >= 0.3 is 0 Å². The zero-order valence-corrected chi connectivity index (χ0v) is 11.3. The van der Waals surface area contributed by atoms with Crippen LogP contribution < -0.4 is 10.5 Å². The predicted molar refractivity (Wildman–Crippen MR) is 76.5 cm³/mol. The minimum absolute atomic E-state index is 0.0289. The monoisotopic (exact) mass is 290 g/mol. The van der Waals surface area contributed by atoms with Gasteiger partial charge in [-0.25, -0.2) is 9.97 Å². The maximum atomic E-state index is 10.2. The number of ether oxygens (including phenoxy) is 1. The zero-order valence-electron chi connectivity index (χ0n) is 10.5. The zero-order chi connectivity index (χ0) is 14.3. The standard InChI is InChI=1S/C13H11ClN4O2/c1-20-11-3-2-7(4-9(11)14)18-6-10-8(12(18)19)5-16-13(15)17-10/h2-6,19H,1H3,(H2,15,17). The molecular formula is C13H11ClN4O2. The first kappa shape index (κ1) is 12.6. The van der Waals surface area contributed by atoms with E-state index >= 15 is 0 Å². The van der Waals surface area contributed by atoms with Crippen LogP contribution >= 0.6 is 11.6 Å². The number of halogens is 1. The van der Waals surface area contributed by atoms with Gasteiger partial charge in [0.15, 0.2) is 0 Å². The molecule has 2 aromatic heterocycles. The third kappa shape index (κ3) is 1.90. The Labute approximate surface area is 119 Å². The van der Waals surface area contributed by atoms with Crippen LogP contribution in [0.4, 0.5) is 5.95 Å². The lowest BCUT2D eigenvalue weighted by Crippen LogP contribution is -1.92. The highest BCUT2D eigenvalue weighted by molar-refractivity contribution is 6.32. The van der Waals surface area contributed by atoms with Crippen molar-refractivity contribution < 1.29 is 9.84 Å². The van der Waals surface area contributed by atoms with E-state index < -0.39 is 0 Å². The number of nitrogen functional groups attached to an aromatic ring is 1. The Hall–Kier alpha value is -2.47. The Morgan fingerprint density at radius 2 is 2.20 bits per heavy atom. The number of aromatic nitrogens is 3. The minimum Gasteiger partial charge on any atom is -0.495 e. The number of hydrogen-bond donors (Lipinski definition) is 2. The topological polar surface area (TPSA) is 86.2 Å². The molecule has 7 heteroatoms. The van der Waals surface area contributed by atoms with E-state index in [0.717, 1.165) is 0 Å². The van der Waals surface area contributed by atoms with E-state index in [1.165, 1.54) is 6.20 Å². The molecule has 102 valence electrons. The maximum Gasteiger partial charge on any atom is 0.220 e. The van der Waals surface area contributed by atoms with Gasteiger partial charge in [-0.05, 0) is 18.2 Å². The number of fused-ring (bicyclic) bond motifs is 1. The number of benzene rings is 1. The fourth-order valence-corrected chi connectivity index (χ4v) is 2.25. The molecule has 20 heavy (non-hydrogen) atoms. The summed E-state index contributed by atoms with van der Waals surface area (Å²) < 4.78 is 6.66. The van der Waals surface area contributed by atoms with Crippen LogP contribution in [-0.4, -0.2) is 26.8 Å². The van der Waals surface area contributed by atoms with Gasteiger partial charge in [-0.3, -0.25) is 4.57 Å². The molecule has 0 saturated carbocycles. The highest BCUT2D eigenvalue weighted by Crippen LogP contribution is 2.32. The van der Waals surface area contributed by atoms with Crippen molar-refractivity contribution in [1.82, 2.24) is 14.5 Å². The first-order chi connectivity index (χ1) is 9.60. The predicted octanol–water partition coefficient (Wildman–Crippen LogP) is 2.37. The van der Waals surface area contributed by atoms with Crippen molar-refractivity contribution in [3.8, 4) is 17.3 Å². The average molecular weight is 291 g/mol. The molecule has 0 saturated heterocycles. The van der Waals surface area contributed by atoms with E-state index in [1.54, 1.807) is 36.1 Å². The van der Waals surface area contributed by atoms with Crippen LogP contribution in [0.1, 0.15) is 0 Å². The summed E-state index contributed by atoms with van der Waals surface area (Å²) in [6.45, 7) is 0. The van der Waals surface area contributed by atoms with E-state index in [2.05, 4.69) is 9.97 Å². The van der Waals surface area contributed by atoms with Crippen LogP contribution in [0.5, 0.6) is 11.6 Å². The number of anilines is 1. The second kappa shape index (κ2) is 4.57. The number of hydrogen-bond acceptors (Lipinski definition) is 5. The molecule has 0 bridgehead atoms. The molecule has 6 nitrogen and oxygen atoms in total. The van der Waals surface area contributed by atoms with E-state index in [4.69, 9.17) is 22.1 Å². The van der Waals surface area contributed by atoms with Gasteiger partial charge in [0.05, 0.1) is 28.7 Å². The highest BCUT2D eigenvalue weighted by Gasteiger charge is 2.12. The largest absolute Gasteiger partial charge is 0.495 e. The van der Waals surface area contributed by atoms with Crippen LogP contribution in [0, 0.1) is 0 Å². The molecule has 3 rings (SSSR count). The van der Waals surface area contributed by atoms with Crippen LogP contribution in [-0.2, 0) is 0 Å². The molecule has 0 fully saturated rings. The molecule has 2 heterocycles. The molecular weight excluding hydrogens is 280 g/mol. The van der Waals surface area contributed by atoms with E-state index in [0.29, 0.717) is 27.4 Å². The molecule has 3 aromatic rings. The lowest BCUT2D eigenvalue weighted by molar-refractivity contribution is 0.414. The molecule has 0 amide bonds. The summed E-state index contributed by atoms with van der Waals surface area (Å²) in [7, 11) is 1.54. The number of methoxy groups -OCH3 is 1. The Morgan fingerprint density at radius 1 is 1.40 bits per heavy atom. The molecule has 0 aliphatic carbocycles. The third-order valence-corrected chi connectivity index (χ3v) is 3.27. The van der Waals surface area contributed by atoms with Gasteiger partial charge in [0.2, 0.25) is 11.8 Å². The van der Waals surface area contributed by atoms with Crippen molar-refractivity contribution in [1.29, 1.82) is 0 Å². The summed E-state index contributed by atoms with van der Waals surface area (Å²) in [5, 5.41) is 11.2. The highest BCUT2D eigenvalue weighted by atomic mass is 35.5. The van der Waals surface area contributed by atoms with Crippen molar-refractivity contribution in [3.05, 3.63) is 35.6 Å². The Balaban J connectivity index is 2.19. The minimum atomic E-state index is 0.0289. The van der Waals surface area contributed by atoms with E-state index in [9.17, 15) is 5.11 Å². The molecule has 0 spiro atoms. The van der Waals surface area contributed by atoms with Gasteiger partial charge in [-0.2, -0.15) is 0 Å². The summed E-state index contributed by atoms with van der Waals surface area (Å²) in [5.74, 6) is 0.749. The maximum absolute atomic E-state index is 10.2. The van der Waals surface area contributed by atoms with Gasteiger partial charge in [0.25, 0.3) is 0 Å². The molecule has 3 N–H and O–H groups in total. The number of rotatable bonds is 2. The lowest BCUT2D eigenvalue weighted by Gasteiger charge is -2.08. The molecule has 0 unspecified atom stereocenters. The first-order valence-electron chi connectivity index (χ1n) is 5.76. The summed E-state index contributed by atoms with van der Waals surface area (Å²) >= 11 is 6.09. The fraction of sp³-hybridized carbons (Fsp3) is 0.0769. The van der Waals surface area contributed by atoms with Gasteiger partial charge in [-0.15, -0.1) is 0 Å². The Morgan fingerprint density at radius 3 is 2.90 bits per heavy atom. The smallest absolute Gasteiger partial charge is 0.220 e. The fourth-order valence-electron chi connectivity index (χ4n) is 2.00. The second-order valence-corrected chi connectivity index (χ2v) is 4.58. The van der Waals surface area contributed by atoms with Gasteiger partial charge in [0, 0.05) is 12.4 Å². The summed E-state index contributed by atoms with van der Waals surface area (Å²) in [6.07, 6.45) is 3.15. The van der Waals surface area contributed by atoms with E-state index in [-0.39, 0.29) is 11.8 Å². The van der Waals surface area contributed by atoms with Gasteiger partial charge in [0.1, 0.15) is 5.75 Å². The van der Waals surface area contributed by atoms with E-state index in [1.807, 2.05) is 0 Å². The summed E-state index contributed by atoms with van der Waals surface area (Å²) in [5.41, 5.74) is 6.78. The molecule has 0 atom stereocenters. The number of aromatic hydroxyl groups is 1. The first-order valence-corrected chi connectivity index (χ1v) is 6.14. The van der Waals surface area contributed by atoms with Crippen molar-refractivity contribution in [2.75, 3.05) is 12.8 Å². The Bertz CT molecular complexity index is 800. The van der Waals surface area contributed by atoms with Crippen molar-refractivity contribution >= 4 is 28.5 Å². The quantitative estimate of drug-likeness (QED) is 0.757. The Kier molecular flexibility index (Phi) is 2.87. The van der Waals surface area contributed by atoms with Crippen LogP contribution in [0.25, 0.3) is 16.6 Å². The average Bonchev–Trinajstić information content (AvgIpc) is 2.75. The lowest BCUT2D eigenvalue weighted by atomic mass is 10.3. The SMILES string of the molecule is COc1ccc(-n2cc3nc(N)ncc3c2O)cc1Cl. The van der Waals surface area contributed by atoms with Crippen molar-refractivity contribution in [3.63, 3.8) is 0 Å². The molecule has 0 aliphatic rings. The molecule has 0 radical (unpaired) electrons. The summed E-state index contributed by atoms with van der Waals surface area (Å²) in [6, 6.07) is 5.19. The molecule has 0 aliphatic heterocycles. The molecule has 1 aromatic carbocycles. The van der Waals surface area contributed by atoms with Gasteiger partial charge in [-0.1, -0.05) is 11.6 Å². The van der Waals surface area contributed by atoms with Crippen LogP contribution in [0.3, 0.4) is 0 Å². The summed E-state index contributed by atoms with van der Waals surface area (Å²) in [4.78, 5) is 7.93.